The van der Waals surface area contributed by atoms with Crippen molar-refractivity contribution in [3.05, 3.63) is 22.4 Å². The Kier molecular flexibility index (Phi) is 7.46. The van der Waals surface area contributed by atoms with Crippen molar-refractivity contribution in [3.8, 4) is 0 Å². The molecule has 3 fully saturated rings. The van der Waals surface area contributed by atoms with Crippen LogP contribution in [-0.2, 0) is 30.7 Å². The van der Waals surface area contributed by atoms with Gasteiger partial charge in [0, 0.05) is 43.8 Å². The van der Waals surface area contributed by atoms with Crippen LogP contribution >= 0.6 is 11.3 Å². The number of hydrogen-bond donors (Lipinski definition) is 0. The lowest BCUT2D eigenvalue weighted by Crippen LogP contribution is -2.49. The SMILES string of the molecule is O=C(CN(Cc1cccs1)CC1CCCO1)N(CC1CCCO1)C1CCS(=O)(=O)C1. The molecule has 4 rings (SSSR count). The molecular weight excluding hydrogens is 424 g/mol. The maximum absolute atomic E-state index is 13.4. The molecule has 168 valence electrons. The first-order valence-electron chi connectivity index (χ1n) is 11.0. The average molecular weight is 457 g/mol. The molecule has 1 aromatic rings. The van der Waals surface area contributed by atoms with Gasteiger partial charge in [0.2, 0.25) is 5.91 Å². The molecule has 30 heavy (non-hydrogen) atoms. The van der Waals surface area contributed by atoms with Crippen LogP contribution in [0.2, 0.25) is 0 Å². The Hall–Kier alpha value is -1.00. The zero-order chi connectivity index (χ0) is 21.0. The smallest absolute Gasteiger partial charge is 0.237 e. The minimum atomic E-state index is -3.06. The van der Waals surface area contributed by atoms with E-state index in [1.165, 1.54) is 4.88 Å². The van der Waals surface area contributed by atoms with Crippen LogP contribution in [0.3, 0.4) is 0 Å². The lowest BCUT2D eigenvalue weighted by Gasteiger charge is -2.33. The molecule has 4 heterocycles. The van der Waals surface area contributed by atoms with Gasteiger partial charge in [-0.15, -0.1) is 11.3 Å². The molecule has 7 nitrogen and oxygen atoms in total. The number of carbonyl (C=O) groups is 1. The Labute approximate surface area is 183 Å². The van der Waals surface area contributed by atoms with Crippen molar-refractivity contribution in [1.82, 2.24) is 9.80 Å². The Morgan fingerprint density at radius 1 is 1.10 bits per heavy atom. The Balaban J connectivity index is 1.45. The summed E-state index contributed by atoms with van der Waals surface area (Å²) in [7, 11) is -3.06. The summed E-state index contributed by atoms with van der Waals surface area (Å²) in [5, 5.41) is 2.05. The van der Waals surface area contributed by atoms with E-state index in [-0.39, 0.29) is 42.2 Å². The second kappa shape index (κ2) is 10.1. The first-order valence-corrected chi connectivity index (χ1v) is 13.7. The van der Waals surface area contributed by atoms with Crippen molar-refractivity contribution in [3.63, 3.8) is 0 Å². The lowest BCUT2D eigenvalue weighted by atomic mass is 10.1. The summed E-state index contributed by atoms with van der Waals surface area (Å²) in [6, 6.07) is 3.88. The van der Waals surface area contributed by atoms with Crippen LogP contribution < -0.4 is 0 Å². The maximum Gasteiger partial charge on any atom is 0.237 e. The molecule has 3 saturated heterocycles. The highest BCUT2D eigenvalue weighted by atomic mass is 32.2. The molecule has 3 aliphatic heterocycles. The quantitative estimate of drug-likeness (QED) is 0.565. The van der Waals surface area contributed by atoms with E-state index in [1.807, 2.05) is 6.07 Å². The van der Waals surface area contributed by atoms with Crippen molar-refractivity contribution >= 4 is 27.1 Å². The summed E-state index contributed by atoms with van der Waals surface area (Å²) in [5.74, 6) is 0.242. The van der Waals surface area contributed by atoms with E-state index in [0.29, 0.717) is 19.5 Å². The molecule has 0 bridgehead atoms. The third-order valence-electron chi connectivity index (χ3n) is 6.20. The second-order valence-electron chi connectivity index (χ2n) is 8.62. The Morgan fingerprint density at radius 3 is 2.40 bits per heavy atom. The highest BCUT2D eigenvalue weighted by molar-refractivity contribution is 7.91. The van der Waals surface area contributed by atoms with Crippen LogP contribution in [0, 0.1) is 0 Å². The van der Waals surface area contributed by atoms with Crippen LogP contribution in [0.5, 0.6) is 0 Å². The molecule has 1 amide bonds. The van der Waals surface area contributed by atoms with E-state index in [0.717, 1.165) is 45.4 Å². The Bertz CT molecular complexity index is 786. The highest BCUT2D eigenvalue weighted by Crippen LogP contribution is 2.23. The zero-order valence-corrected chi connectivity index (χ0v) is 19.0. The third kappa shape index (κ3) is 6.03. The number of amides is 1. The van der Waals surface area contributed by atoms with E-state index < -0.39 is 9.84 Å². The van der Waals surface area contributed by atoms with E-state index in [2.05, 4.69) is 16.3 Å². The van der Waals surface area contributed by atoms with Gasteiger partial charge < -0.3 is 14.4 Å². The lowest BCUT2D eigenvalue weighted by molar-refractivity contribution is -0.136. The van der Waals surface area contributed by atoms with Crippen molar-refractivity contribution in [2.45, 2.75) is 56.9 Å². The summed E-state index contributed by atoms with van der Waals surface area (Å²) >= 11 is 1.69. The summed E-state index contributed by atoms with van der Waals surface area (Å²) in [4.78, 5) is 18.6. The first kappa shape index (κ1) is 22.2. The summed E-state index contributed by atoms with van der Waals surface area (Å²) < 4.78 is 35.7. The van der Waals surface area contributed by atoms with Gasteiger partial charge in [-0.2, -0.15) is 0 Å². The zero-order valence-electron chi connectivity index (χ0n) is 17.4. The molecule has 3 aliphatic rings. The number of nitrogens with zero attached hydrogens (tertiary/aromatic N) is 2. The predicted octanol–water partition coefficient (Wildman–Crippen LogP) is 1.92. The monoisotopic (exact) mass is 456 g/mol. The van der Waals surface area contributed by atoms with E-state index in [4.69, 9.17) is 9.47 Å². The molecule has 0 spiro atoms. The molecular formula is C21H32N2O5S2. The van der Waals surface area contributed by atoms with Crippen LogP contribution in [0.25, 0.3) is 0 Å². The van der Waals surface area contributed by atoms with E-state index in [1.54, 1.807) is 16.2 Å². The summed E-state index contributed by atoms with van der Waals surface area (Å²) in [6.07, 6.45) is 4.72. The molecule has 0 radical (unpaired) electrons. The summed E-state index contributed by atoms with van der Waals surface area (Å²) in [5.41, 5.74) is 0. The molecule has 0 saturated carbocycles. The van der Waals surface area contributed by atoms with Crippen molar-refractivity contribution < 1.29 is 22.7 Å². The van der Waals surface area contributed by atoms with Gasteiger partial charge in [0.05, 0.1) is 30.3 Å². The van der Waals surface area contributed by atoms with Gasteiger partial charge in [-0.25, -0.2) is 8.42 Å². The minimum Gasteiger partial charge on any atom is -0.377 e. The molecule has 0 aliphatic carbocycles. The molecule has 0 aromatic carbocycles. The highest BCUT2D eigenvalue weighted by Gasteiger charge is 2.37. The fourth-order valence-electron chi connectivity index (χ4n) is 4.65. The fraction of sp³-hybridized carbons (Fsp3) is 0.762. The first-order chi connectivity index (χ1) is 14.5. The Morgan fingerprint density at radius 2 is 1.83 bits per heavy atom. The molecule has 3 unspecified atom stereocenters. The van der Waals surface area contributed by atoms with Crippen molar-refractivity contribution in [2.24, 2.45) is 0 Å². The topological polar surface area (TPSA) is 76.2 Å². The second-order valence-corrected chi connectivity index (χ2v) is 11.9. The van der Waals surface area contributed by atoms with Crippen LogP contribution in [0.15, 0.2) is 17.5 Å². The molecule has 1 aromatic heterocycles. The van der Waals surface area contributed by atoms with Gasteiger partial charge in [0.15, 0.2) is 9.84 Å². The standard InChI is InChI=1S/C21H32N2O5S2/c24-21(15-22(12-18-4-1-8-27-18)14-20-6-3-10-29-20)23(13-19-5-2-9-28-19)17-7-11-30(25,26)16-17/h3,6,10,17-19H,1-2,4-5,7-9,11-16H2. The van der Waals surface area contributed by atoms with E-state index >= 15 is 0 Å². The maximum atomic E-state index is 13.4. The number of ether oxygens (including phenoxy) is 2. The van der Waals surface area contributed by atoms with Gasteiger partial charge in [0.25, 0.3) is 0 Å². The van der Waals surface area contributed by atoms with Crippen molar-refractivity contribution in [1.29, 1.82) is 0 Å². The van der Waals surface area contributed by atoms with Gasteiger partial charge in [0.1, 0.15) is 0 Å². The number of thiophene rings is 1. The van der Waals surface area contributed by atoms with Crippen LogP contribution in [0.4, 0.5) is 0 Å². The summed E-state index contributed by atoms with van der Waals surface area (Å²) in [6.45, 7) is 3.71. The molecule has 3 atom stereocenters. The number of carbonyl (C=O) groups excluding carboxylic acids is 1. The van der Waals surface area contributed by atoms with Gasteiger partial charge >= 0.3 is 0 Å². The normalized spacial score (nSPS) is 28.4. The number of hydrogen-bond acceptors (Lipinski definition) is 7. The van der Waals surface area contributed by atoms with Crippen LogP contribution in [-0.4, -0.2) is 86.7 Å². The fourth-order valence-corrected chi connectivity index (χ4v) is 7.13. The van der Waals surface area contributed by atoms with Crippen LogP contribution in [0.1, 0.15) is 37.0 Å². The number of rotatable bonds is 9. The molecule has 9 heteroatoms. The van der Waals surface area contributed by atoms with Gasteiger partial charge in [-0.3, -0.25) is 9.69 Å². The molecule has 0 N–H and O–H groups in total. The predicted molar refractivity (Wildman–Crippen MR) is 116 cm³/mol. The number of sulfone groups is 1. The minimum absolute atomic E-state index is 0.00199. The average Bonchev–Trinajstić information content (AvgIpc) is 3.48. The third-order valence-corrected chi connectivity index (χ3v) is 8.81. The van der Waals surface area contributed by atoms with Crippen molar-refractivity contribution in [2.75, 3.05) is 44.4 Å². The van der Waals surface area contributed by atoms with Gasteiger partial charge in [-0.1, -0.05) is 6.07 Å². The largest absolute Gasteiger partial charge is 0.377 e. The van der Waals surface area contributed by atoms with E-state index in [9.17, 15) is 13.2 Å². The van der Waals surface area contributed by atoms with Gasteiger partial charge in [-0.05, 0) is 43.6 Å².